The number of rotatable bonds is 6. The third-order valence-corrected chi connectivity index (χ3v) is 9.70. The van der Waals surface area contributed by atoms with Gasteiger partial charge in [0, 0.05) is 53.4 Å². The van der Waals surface area contributed by atoms with Gasteiger partial charge >= 0.3 is 0 Å². The molecule has 5 rings (SSSR count). The summed E-state index contributed by atoms with van der Waals surface area (Å²) in [6.07, 6.45) is 2.58. The molecule has 174 valence electrons. The second-order valence-corrected chi connectivity index (χ2v) is 11.8. The van der Waals surface area contributed by atoms with E-state index in [-0.39, 0.29) is 29.8 Å². The lowest BCUT2D eigenvalue weighted by Crippen LogP contribution is -2.51. The summed E-state index contributed by atoms with van der Waals surface area (Å²) < 4.78 is 30.7. The molecule has 33 heavy (non-hydrogen) atoms. The minimum absolute atomic E-state index is 0.00557. The molecule has 0 unspecified atom stereocenters. The number of thiophene rings is 1. The first kappa shape index (κ1) is 22.5. The highest BCUT2D eigenvalue weighted by molar-refractivity contribution is 7.91. The zero-order chi connectivity index (χ0) is 23.2. The Morgan fingerprint density at radius 2 is 2.03 bits per heavy atom. The maximum atomic E-state index is 13.2. The smallest absolute Gasteiger partial charge is 0.253 e. The predicted octanol–water partition coefficient (Wildman–Crippen LogP) is 2.51. The molecule has 0 bridgehead atoms. The molecule has 0 aliphatic carbocycles. The molecule has 1 aromatic carbocycles. The fourth-order valence-electron chi connectivity index (χ4n) is 4.40. The third-order valence-electron chi connectivity index (χ3n) is 6.07. The fraction of sp³-hybridized carbons (Fsp3) is 0.364. The SMILES string of the molecule is O=C1CN(S(=O)(=O)c2cc3ccc(Cl)cc3s2)CCN1Cc1cc2c(n1CCO)CC=NC2. The van der Waals surface area contributed by atoms with Gasteiger partial charge in [0.25, 0.3) is 10.0 Å². The number of piperazine rings is 1. The minimum atomic E-state index is -3.78. The number of aliphatic hydroxyl groups is 1. The van der Waals surface area contributed by atoms with E-state index < -0.39 is 10.0 Å². The van der Waals surface area contributed by atoms with Gasteiger partial charge in [-0.1, -0.05) is 17.7 Å². The maximum Gasteiger partial charge on any atom is 0.253 e. The number of fused-ring (bicyclic) bond motifs is 2. The van der Waals surface area contributed by atoms with Gasteiger partial charge in [0.1, 0.15) is 4.21 Å². The van der Waals surface area contributed by atoms with Crippen molar-refractivity contribution in [1.29, 1.82) is 0 Å². The summed E-state index contributed by atoms with van der Waals surface area (Å²) in [4.78, 5) is 18.9. The lowest BCUT2D eigenvalue weighted by Gasteiger charge is -2.33. The third kappa shape index (κ3) is 4.22. The number of aliphatic imine (C=N–C) groups is 1. The Labute approximate surface area is 200 Å². The molecule has 4 heterocycles. The summed E-state index contributed by atoms with van der Waals surface area (Å²) in [7, 11) is -3.78. The van der Waals surface area contributed by atoms with Crippen LogP contribution in [-0.2, 0) is 40.9 Å². The lowest BCUT2D eigenvalue weighted by molar-refractivity contribution is -0.134. The van der Waals surface area contributed by atoms with Crippen LogP contribution in [-0.4, -0.2) is 65.7 Å². The van der Waals surface area contributed by atoms with Crippen LogP contribution in [0.3, 0.4) is 0 Å². The molecule has 0 atom stereocenters. The number of benzene rings is 1. The molecule has 3 aromatic rings. The predicted molar refractivity (Wildman–Crippen MR) is 128 cm³/mol. The van der Waals surface area contributed by atoms with E-state index in [0.717, 1.165) is 38.4 Å². The summed E-state index contributed by atoms with van der Waals surface area (Å²) in [6.45, 7) is 1.78. The van der Waals surface area contributed by atoms with Crippen molar-refractivity contribution < 1.29 is 18.3 Å². The summed E-state index contributed by atoms with van der Waals surface area (Å²) >= 11 is 7.19. The Bertz CT molecular complexity index is 1360. The Hall–Kier alpha value is -2.24. The molecule has 2 aliphatic heterocycles. The second-order valence-electron chi connectivity index (χ2n) is 8.11. The highest BCUT2D eigenvalue weighted by Gasteiger charge is 2.34. The van der Waals surface area contributed by atoms with Crippen LogP contribution in [0.2, 0.25) is 5.02 Å². The highest BCUT2D eigenvalue weighted by Crippen LogP contribution is 2.33. The van der Waals surface area contributed by atoms with Crippen LogP contribution in [0.5, 0.6) is 0 Å². The molecule has 0 radical (unpaired) electrons. The van der Waals surface area contributed by atoms with Crippen LogP contribution in [0, 0.1) is 0 Å². The second kappa shape index (κ2) is 8.84. The molecular formula is C22H23ClN4O4S2. The average Bonchev–Trinajstić information content (AvgIpc) is 3.37. The number of aliphatic hydroxyl groups excluding tert-OH is 1. The van der Waals surface area contributed by atoms with E-state index in [1.807, 2.05) is 12.3 Å². The van der Waals surface area contributed by atoms with Crippen LogP contribution < -0.4 is 0 Å². The largest absolute Gasteiger partial charge is 0.395 e. The number of hydrogen-bond donors (Lipinski definition) is 1. The maximum absolute atomic E-state index is 13.2. The fourth-order valence-corrected chi connectivity index (χ4v) is 7.61. The van der Waals surface area contributed by atoms with Crippen molar-refractivity contribution in [3.05, 3.63) is 52.3 Å². The molecule has 1 saturated heterocycles. The van der Waals surface area contributed by atoms with E-state index in [1.165, 1.54) is 4.31 Å². The molecule has 2 aromatic heterocycles. The molecule has 0 saturated carbocycles. The van der Waals surface area contributed by atoms with Gasteiger partial charge in [-0.2, -0.15) is 4.31 Å². The first-order valence-corrected chi connectivity index (χ1v) is 13.3. The van der Waals surface area contributed by atoms with Gasteiger partial charge in [0.15, 0.2) is 0 Å². The average molecular weight is 507 g/mol. The van der Waals surface area contributed by atoms with Gasteiger partial charge in [-0.25, -0.2) is 8.42 Å². The quantitative estimate of drug-likeness (QED) is 0.555. The number of aromatic nitrogens is 1. The van der Waals surface area contributed by atoms with E-state index >= 15 is 0 Å². The van der Waals surface area contributed by atoms with Crippen molar-refractivity contribution in [3.8, 4) is 0 Å². The van der Waals surface area contributed by atoms with Crippen LogP contribution >= 0.6 is 22.9 Å². The molecule has 1 amide bonds. The monoisotopic (exact) mass is 506 g/mol. The molecule has 1 fully saturated rings. The first-order chi connectivity index (χ1) is 15.9. The Balaban J connectivity index is 1.33. The van der Waals surface area contributed by atoms with E-state index in [9.17, 15) is 18.3 Å². The Morgan fingerprint density at radius 3 is 2.82 bits per heavy atom. The van der Waals surface area contributed by atoms with E-state index in [1.54, 1.807) is 29.2 Å². The molecule has 2 aliphatic rings. The summed E-state index contributed by atoms with van der Waals surface area (Å²) in [6, 6.07) is 8.95. The van der Waals surface area contributed by atoms with Crippen LogP contribution in [0.4, 0.5) is 0 Å². The highest BCUT2D eigenvalue weighted by atomic mass is 35.5. The van der Waals surface area contributed by atoms with Crippen LogP contribution in [0.15, 0.2) is 39.5 Å². The van der Waals surface area contributed by atoms with Gasteiger partial charge in [0.2, 0.25) is 5.91 Å². The zero-order valence-corrected chi connectivity index (χ0v) is 20.2. The van der Waals surface area contributed by atoms with Crippen molar-refractivity contribution in [2.45, 2.75) is 30.3 Å². The van der Waals surface area contributed by atoms with Gasteiger partial charge in [-0.3, -0.25) is 9.79 Å². The molecule has 0 spiro atoms. The van der Waals surface area contributed by atoms with Gasteiger partial charge in [0.05, 0.1) is 26.2 Å². The minimum Gasteiger partial charge on any atom is -0.395 e. The van der Waals surface area contributed by atoms with Crippen molar-refractivity contribution in [1.82, 2.24) is 13.8 Å². The van der Waals surface area contributed by atoms with E-state index in [4.69, 9.17) is 11.6 Å². The number of carbonyl (C=O) groups excluding carboxylic acids is 1. The molecule has 11 heteroatoms. The lowest BCUT2D eigenvalue weighted by atomic mass is 10.1. The Kier molecular flexibility index (Phi) is 6.04. The number of sulfonamides is 1. The summed E-state index contributed by atoms with van der Waals surface area (Å²) in [5.41, 5.74) is 3.16. The van der Waals surface area contributed by atoms with Crippen LogP contribution in [0.1, 0.15) is 17.0 Å². The van der Waals surface area contributed by atoms with Crippen molar-refractivity contribution in [2.75, 3.05) is 26.2 Å². The van der Waals surface area contributed by atoms with Crippen molar-refractivity contribution >= 4 is 55.2 Å². The Morgan fingerprint density at radius 1 is 1.18 bits per heavy atom. The number of carbonyl (C=O) groups is 1. The van der Waals surface area contributed by atoms with Crippen molar-refractivity contribution in [3.63, 3.8) is 0 Å². The molecule has 1 N–H and O–H groups in total. The van der Waals surface area contributed by atoms with E-state index in [0.29, 0.717) is 37.6 Å². The summed E-state index contributed by atoms with van der Waals surface area (Å²) in [5.74, 6) is -0.236. The number of halogens is 1. The van der Waals surface area contributed by atoms with Gasteiger partial charge < -0.3 is 14.6 Å². The van der Waals surface area contributed by atoms with Gasteiger partial charge in [-0.15, -0.1) is 11.3 Å². The van der Waals surface area contributed by atoms with Gasteiger partial charge in [-0.05, 0) is 35.2 Å². The topological polar surface area (TPSA) is 95.2 Å². The van der Waals surface area contributed by atoms with Crippen molar-refractivity contribution in [2.24, 2.45) is 4.99 Å². The first-order valence-electron chi connectivity index (χ1n) is 10.6. The standard InChI is InChI=1S/C22H23ClN4O4S2/c23-17-2-1-15-10-22(32-20(15)11-17)33(30,31)26-6-5-25(21(29)14-26)13-18-9-16-12-24-4-3-19(16)27(18)7-8-28/h1-2,4,9-11,28H,3,5-8,12-14H2. The molecular weight excluding hydrogens is 484 g/mol. The summed E-state index contributed by atoms with van der Waals surface area (Å²) in [5, 5.41) is 10.9. The number of nitrogens with zero attached hydrogens (tertiary/aromatic N) is 4. The molecule has 8 nitrogen and oxygen atoms in total. The normalized spacial score (nSPS) is 17.2. The zero-order valence-electron chi connectivity index (χ0n) is 17.8. The van der Waals surface area contributed by atoms with E-state index in [2.05, 4.69) is 9.56 Å². The number of amides is 1. The van der Waals surface area contributed by atoms with Crippen LogP contribution in [0.25, 0.3) is 10.1 Å². The number of hydrogen-bond acceptors (Lipinski definition) is 6.